The first-order valence-corrected chi connectivity index (χ1v) is 17.1. The number of hydrogen-bond donors (Lipinski definition) is 0. The average Bonchev–Trinajstić information content (AvgIpc) is 3.73. The average molecular weight is 662 g/mol. The molecule has 0 aliphatic heterocycles. The summed E-state index contributed by atoms with van der Waals surface area (Å²) in [5, 5.41) is 0. The van der Waals surface area contributed by atoms with Crippen molar-refractivity contribution in [2.75, 3.05) is 0 Å². The molecule has 2 aliphatic carbocycles. The number of carbonyl (C=O) groups is 2. The molecule has 1 atom stereocenters. The molecule has 0 bridgehead atoms. The first-order valence-electron chi connectivity index (χ1n) is 16.0. The van der Waals surface area contributed by atoms with Gasteiger partial charge in [-0.1, -0.05) is 84.7 Å². The number of hydrogen-bond acceptors (Lipinski definition) is 5. The van der Waals surface area contributed by atoms with Crippen LogP contribution in [0, 0.1) is 19.3 Å². The number of ketones is 2. The number of carbonyl (C=O) groups excluding carboxylic acids is 2. The fraction of sp³-hybridized carbons (Fsp3) is 0.500. The maximum absolute atomic E-state index is 16.3. The first kappa shape index (κ1) is 35.8. The number of allylic oxidation sites excluding steroid dienone is 2. The van der Waals surface area contributed by atoms with E-state index in [-0.39, 0.29) is 35.1 Å². The van der Waals surface area contributed by atoms with E-state index in [1.165, 1.54) is 13.8 Å². The predicted octanol–water partition coefficient (Wildman–Crippen LogP) is 11.2. The molecule has 1 unspecified atom stereocenters. The molecular weight excluding hydrogens is 619 g/mol. The largest absolute Gasteiger partial charge is 0.710 e. The van der Waals surface area contributed by atoms with Gasteiger partial charge in [-0.15, -0.1) is 0 Å². The fourth-order valence-corrected chi connectivity index (χ4v) is 7.36. The molecule has 2 saturated carbocycles. The van der Waals surface area contributed by atoms with Crippen molar-refractivity contribution in [2.24, 2.45) is 5.41 Å². The van der Waals surface area contributed by atoms with Crippen molar-refractivity contribution in [3.63, 3.8) is 0 Å². The van der Waals surface area contributed by atoms with Crippen LogP contribution in [-0.2, 0) is 13.6 Å². The van der Waals surface area contributed by atoms with E-state index >= 15 is 17.6 Å². The van der Waals surface area contributed by atoms with Gasteiger partial charge in [0.2, 0.25) is 0 Å². The SMILES string of the molecule is CCC(CC)(C(C(=O)c1ccc(C)cc1)=C1CCCC1)C(F)(F)O[P+](=O)OC(F)(F)CC(C(=O)c1ccc(C)cc1)=C1CCCC1. The Hall–Kier alpha value is -3.00. The zero-order chi connectivity index (χ0) is 33.7. The van der Waals surface area contributed by atoms with Crippen molar-refractivity contribution in [3.8, 4) is 0 Å². The van der Waals surface area contributed by atoms with Gasteiger partial charge in [0.15, 0.2) is 11.6 Å². The molecule has 0 N–H and O–H groups in total. The van der Waals surface area contributed by atoms with Gasteiger partial charge in [-0.25, -0.2) is 0 Å². The third kappa shape index (κ3) is 7.92. The molecule has 2 fully saturated rings. The molecule has 0 saturated heterocycles. The number of rotatable bonds is 14. The highest BCUT2D eigenvalue weighted by atomic mass is 31.1. The number of benzene rings is 2. The summed E-state index contributed by atoms with van der Waals surface area (Å²) in [6, 6.07) is 13.0. The molecule has 2 aliphatic rings. The van der Waals surface area contributed by atoms with Crippen LogP contribution >= 0.6 is 8.25 Å². The van der Waals surface area contributed by atoms with E-state index in [4.69, 9.17) is 0 Å². The lowest BCUT2D eigenvalue weighted by atomic mass is 9.69. The highest BCUT2D eigenvalue weighted by molar-refractivity contribution is 7.33. The van der Waals surface area contributed by atoms with Crippen LogP contribution in [-0.4, -0.2) is 23.8 Å². The zero-order valence-corrected chi connectivity index (χ0v) is 27.8. The fourth-order valence-electron chi connectivity index (χ4n) is 6.67. The molecule has 0 spiro atoms. The Kier molecular flexibility index (Phi) is 11.6. The minimum absolute atomic E-state index is 0.115. The monoisotopic (exact) mass is 661 g/mol. The second kappa shape index (κ2) is 14.8. The lowest BCUT2D eigenvalue weighted by Crippen LogP contribution is -2.46. The standard InChI is InChI=1S/C36H42F4O5P/c1-5-34(6-2,31(27-13-9-10-14-27)33(42)29-21-17-25(4)18-22-29)36(39,40)45-46(43)44-35(37,38)23-30(26-11-7-8-12-26)32(41)28-19-15-24(3)16-20-28/h15-22H,5-14,23H2,1-4H3/q+1. The summed E-state index contributed by atoms with van der Waals surface area (Å²) in [5.74, 6) is -1.20. The van der Waals surface area contributed by atoms with Gasteiger partial charge in [0.25, 0.3) is 0 Å². The summed E-state index contributed by atoms with van der Waals surface area (Å²) in [6.45, 7) is 6.61. The molecule has 0 heterocycles. The maximum atomic E-state index is 16.3. The Balaban J connectivity index is 1.61. The Labute approximate surface area is 269 Å². The van der Waals surface area contributed by atoms with Gasteiger partial charge in [0, 0.05) is 26.8 Å². The lowest BCUT2D eigenvalue weighted by Gasteiger charge is -2.38. The number of aryl methyl sites for hydroxylation is 2. The van der Waals surface area contributed by atoms with Crippen molar-refractivity contribution in [2.45, 2.75) is 111 Å². The van der Waals surface area contributed by atoms with Crippen LogP contribution in [0.1, 0.15) is 116 Å². The van der Waals surface area contributed by atoms with E-state index in [2.05, 4.69) is 9.05 Å². The number of Topliss-reactive ketones (excluding diaryl/α,β-unsaturated/α-hetero) is 2. The van der Waals surface area contributed by atoms with Gasteiger partial charge >= 0.3 is 20.5 Å². The van der Waals surface area contributed by atoms with E-state index < -0.39 is 43.9 Å². The minimum atomic E-state index is -4.31. The summed E-state index contributed by atoms with van der Waals surface area (Å²) in [5.41, 5.74) is 0.791. The van der Waals surface area contributed by atoms with Gasteiger partial charge in [-0.2, -0.15) is 17.6 Å². The van der Waals surface area contributed by atoms with Gasteiger partial charge in [0.05, 0.1) is 11.8 Å². The second-order valence-corrected chi connectivity index (χ2v) is 13.2. The quantitative estimate of drug-likeness (QED) is 0.0872. The summed E-state index contributed by atoms with van der Waals surface area (Å²) in [4.78, 5) is 27.2. The van der Waals surface area contributed by atoms with Crippen molar-refractivity contribution < 1.29 is 40.8 Å². The summed E-state index contributed by atoms with van der Waals surface area (Å²) < 4.78 is 85.3. The van der Waals surface area contributed by atoms with Gasteiger partial charge < -0.3 is 0 Å². The summed E-state index contributed by atoms with van der Waals surface area (Å²) >= 11 is 0. The van der Waals surface area contributed by atoms with E-state index in [0.717, 1.165) is 36.8 Å². The first-order chi connectivity index (χ1) is 21.7. The molecule has 5 nitrogen and oxygen atoms in total. The Morgan fingerprint density at radius 2 is 1.13 bits per heavy atom. The topological polar surface area (TPSA) is 69.7 Å². The van der Waals surface area contributed by atoms with Crippen molar-refractivity contribution in [1.82, 2.24) is 0 Å². The van der Waals surface area contributed by atoms with Crippen LogP contribution in [0.5, 0.6) is 0 Å². The van der Waals surface area contributed by atoms with Crippen LogP contribution in [0.4, 0.5) is 17.6 Å². The Morgan fingerprint density at radius 3 is 1.59 bits per heavy atom. The van der Waals surface area contributed by atoms with Crippen LogP contribution in [0.3, 0.4) is 0 Å². The van der Waals surface area contributed by atoms with Crippen LogP contribution in [0.15, 0.2) is 70.8 Å². The molecule has 0 aromatic heterocycles. The molecule has 46 heavy (non-hydrogen) atoms. The number of alkyl halides is 4. The van der Waals surface area contributed by atoms with Crippen LogP contribution < -0.4 is 0 Å². The molecule has 0 amide bonds. The predicted molar refractivity (Wildman–Crippen MR) is 169 cm³/mol. The third-order valence-electron chi connectivity index (χ3n) is 9.35. The summed E-state index contributed by atoms with van der Waals surface area (Å²) in [7, 11) is -4.09. The molecular formula is C36H42F4O5P+. The van der Waals surface area contributed by atoms with Crippen LogP contribution in [0.25, 0.3) is 0 Å². The van der Waals surface area contributed by atoms with E-state index in [1.54, 1.807) is 48.5 Å². The van der Waals surface area contributed by atoms with Crippen molar-refractivity contribution in [1.29, 1.82) is 0 Å². The molecule has 2 aromatic rings. The maximum Gasteiger partial charge on any atom is 0.710 e. The van der Waals surface area contributed by atoms with E-state index in [9.17, 15) is 14.2 Å². The van der Waals surface area contributed by atoms with Crippen molar-refractivity contribution in [3.05, 3.63) is 93.1 Å². The molecule has 2 aromatic carbocycles. The third-order valence-corrected chi connectivity index (χ3v) is 10.1. The van der Waals surface area contributed by atoms with Gasteiger partial charge in [0.1, 0.15) is 0 Å². The van der Waals surface area contributed by atoms with Gasteiger partial charge in [-0.05, 0) is 87.1 Å². The highest BCUT2D eigenvalue weighted by Gasteiger charge is 2.63. The molecule has 10 heteroatoms. The van der Waals surface area contributed by atoms with Crippen molar-refractivity contribution >= 4 is 19.8 Å². The minimum Gasteiger partial charge on any atom is -0.289 e. The molecule has 248 valence electrons. The second-order valence-electron chi connectivity index (χ2n) is 12.4. The Morgan fingerprint density at radius 1 is 0.696 bits per heavy atom. The summed E-state index contributed by atoms with van der Waals surface area (Å²) in [6.07, 6.45) is -5.68. The number of halogens is 4. The smallest absolute Gasteiger partial charge is 0.289 e. The van der Waals surface area contributed by atoms with Crippen LogP contribution in [0.2, 0.25) is 0 Å². The normalized spacial score (nSPS) is 16.1. The zero-order valence-electron chi connectivity index (χ0n) is 26.9. The van der Waals surface area contributed by atoms with Gasteiger partial charge in [-0.3, -0.25) is 9.59 Å². The lowest BCUT2D eigenvalue weighted by molar-refractivity contribution is -0.259. The van der Waals surface area contributed by atoms with E-state index in [0.29, 0.717) is 36.8 Å². The Bertz CT molecular complexity index is 1490. The highest BCUT2D eigenvalue weighted by Crippen LogP contribution is 2.56. The molecule has 4 rings (SSSR count). The van der Waals surface area contributed by atoms with E-state index in [1.807, 2.05) is 13.8 Å². The molecule has 0 radical (unpaired) electrons.